The number of rotatable bonds is 8. The predicted octanol–water partition coefficient (Wildman–Crippen LogP) is -0.372. The Morgan fingerprint density at radius 3 is 2.47 bits per heavy atom. The van der Waals surface area contributed by atoms with Crippen molar-refractivity contribution in [2.24, 2.45) is 0 Å². The van der Waals surface area contributed by atoms with Gasteiger partial charge in [0.2, 0.25) is 10.0 Å². The Morgan fingerprint density at radius 2 is 2.00 bits per heavy atom. The fraction of sp³-hybridized carbons (Fsp3) is 1.00. The zero-order valence-corrected chi connectivity index (χ0v) is 10.5. The van der Waals surface area contributed by atoms with Gasteiger partial charge in [0.15, 0.2) is 0 Å². The molecule has 1 atom stereocenters. The van der Waals surface area contributed by atoms with E-state index in [1.54, 1.807) is 13.8 Å². The summed E-state index contributed by atoms with van der Waals surface area (Å²) < 4.78 is 24.6. The predicted molar refractivity (Wildman–Crippen MR) is 61.3 cm³/mol. The Labute approximate surface area is 92.5 Å². The lowest BCUT2D eigenvalue weighted by Crippen LogP contribution is -2.34. The first-order valence-electron chi connectivity index (χ1n) is 5.21. The average molecular weight is 238 g/mol. The third-order valence-electron chi connectivity index (χ3n) is 2.12. The molecule has 0 aliphatic heterocycles. The normalized spacial score (nSPS) is 14.5. The highest BCUT2D eigenvalue weighted by Crippen LogP contribution is 1.92. The van der Waals surface area contributed by atoms with Crippen LogP contribution in [0.5, 0.6) is 0 Å². The van der Waals surface area contributed by atoms with E-state index in [0.717, 1.165) is 6.54 Å². The Bertz CT molecular complexity index is 252. The van der Waals surface area contributed by atoms with Gasteiger partial charge in [0.05, 0.1) is 11.9 Å². The molecular formula is C9H22N2O3S. The summed E-state index contributed by atoms with van der Waals surface area (Å²) in [6, 6.07) is 0. The fourth-order valence-electron chi connectivity index (χ4n) is 1.01. The molecule has 0 aromatic carbocycles. The highest BCUT2D eigenvalue weighted by Gasteiger charge is 2.06. The van der Waals surface area contributed by atoms with E-state index < -0.39 is 10.0 Å². The Morgan fingerprint density at radius 1 is 1.40 bits per heavy atom. The number of hydrogen-bond donors (Lipinski definition) is 2. The SMILES string of the molecule is CCS(=O)(=O)NCCN(C)CCC(C)O. The number of hydrogen-bond acceptors (Lipinski definition) is 4. The zero-order valence-electron chi connectivity index (χ0n) is 9.73. The summed E-state index contributed by atoms with van der Waals surface area (Å²) in [4.78, 5) is 1.99. The van der Waals surface area contributed by atoms with Crippen molar-refractivity contribution in [1.82, 2.24) is 9.62 Å². The Hall–Kier alpha value is -0.170. The fourth-order valence-corrected chi connectivity index (χ4v) is 1.62. The molecule has 15 heavy (non-hydrogen) atoms. The van der Waals surface area contributed by atoms with Crippen LogP contribution in [0.2, 0.25) is 0 Å². The minimum absolute atomic E-state index is 0.115. The molecule has 1 unspecified atom stereocenters. The molecule has 0 aromatic rings. The van der Waals surface area contributed by atoms with Crippen molar-refractivity contribution in [2.45, 2.75) is 26.4 Å². The second kappa shape index (κ2) is 7.16. The van der Waals surface area contributed by atoms with E-state index in [-0.39, 0.29) is 11.9 Å². The van der Waals surface area contributed by atoms with Crippen LogP contribution >= 0.6 is 0 Å². The number of sulfonamides is 1. The maximum absolute atomic E-state index is 11.1. The van der Waals surface area contributed by atoms with Gasteiger partial charge in [0.1, 0.15) is 0 Å². The molecule has 6 heteroatoms. The van der Waals surface area contributed by atoms with Gasteiger partial charge in [-0.05, 0) is 27.3 Å². The van der Waals surface area contributed by atoms with Gasteiger partial charge in [-0.3, -0.25) is 0 Å². The molecule has 0 saturated carbocycles. The topological polar surface area (TPSA) is 69.6 Å². The van der Waals surface area contributed by atoms with Crippen LogP contribution in [0.25, 0.3) is 0 Å². The monoisotopic (exact) mass is 238 g/mol. The summed E-state index contributed by atoms with van der Waals surface area (Å²) in [5.74, 6) is 0.115. The molecule has 0 rings (SSSR count). The molecule has 0 heterocycles. The Kier molecular flexibility index (Phi) is 7.08. The maximum Gasteiger partial charge on any atom is 0.211 e. The Balaban J connectivity index is 3.59. The molecule has 0 amide bonds. The van der Waals surface area contributed by atoms with Crippen molar-refractivity contribution in [3.63, 3.8) is 0 Å². The van der Waals surface area contributed by atoms with E-state index in [0.29, 0.717) is 19.5 Å². The molecule has 0 radical (unpaired) electrons. The van der Waals surface area contributed by atoms with E-state index in [2.05, 4.69) is 4.72 Å². The molecule has 2 N–H and O–H groups in total. The van der Waals surface area contributed by atoms with Crippen LogP contribution in [0, 0.1) is 0 Å². The van der Waals surface area contributed by atoms with E-state index in [4.69, 9.17) is 5.11 Å². The second-order valence-corrected chi connectivity index (χ2v) is 5.83. The van der Waals surface area contributed by atoms with Crippen LogP contribution in [-0.4, -0.2) is 57.0 Å². The molecule has 0 fully saturated rings. The van der Waals surface area contributed by atoms with Crippen LogP contribution in [-0.2, 0) is 10.0 Å². The first-order chi connectivity index (χ1) is 6.87. The second-order valence-electron chi connectivity index (χ2n) is 3.74. The molecule has 0 bridgehead atoms. The standard InChI is InChI=1S/C9H22N2O3S/c1-4-15(13,14)10-6-8-11(3)7-5-9(2)12/h9-10,12H,4-8H2,1-3H3. The van der Waals surface area contributed by atoms with Crippen molar-refractivity contribution in [3.05, 3.63) is 0 Å². The molecule has 5 nitrogen and oxygen atoms in total. The van der Waals surface area contributed by atoms with Crippen molar-refractivity contribution < 1.29 is 13.5 Å². The summed E-state index contributed by atoms with van der Waals surface area (Å²) in [5.41, 5.74) is 0. The lowest BCUT2D eigenvalue weighted by molar-refractivity contribution is 0.165. The molecular weight excluding hydrogens is 216 g/mol. The molecule has 0 aliphatic rings. The highest BCUT2D eigenvalue weighted by molar-refractivity contribution is 7.89. The quantitative estimate of drug-likeness (QED) is 0.605. The van der Waals surface area contributed by atoms with E-state index in [9.17, 15) is 8.42 Å². The minimum Gasteiger partial charge on any atom is -0.393 e. The van der Waals surface area contributed by atoms with Crippen LogP contribution in [0.3, 0.4) is 0 Å². The minimum atomic E-state index is -3.07. The average Bonchev–Trinajstić information content (AvgIpc) is 2.14. The van der Waals surface area contributed by atoms with Crippen molar-refractivity contribution in [3.8, 4) is 0 Å². The first kappa shape index (κ1) is 14.8. The van der Waals surface area contributed by atoms with Gasteiger partial charge in [-0.2, -0.15) is 0 Å². The molecule has 92 valence electrons. The number of likely N-dealkylation sites (N-methyl/N-ethyl adjacent to an activating group) is 1. The smallest absolute Gasteiger partial charge is 0.211 e. The van der Waals surface area contributed by atoms with Crippen LogP contribution in [0.15, 0.2) is 0 Å². The molecule has 0 aliphatic carbocycles. The van der Waals surface area contributed by atoms with Gasteiger partial charge >= 0.3 is 0 Å². The van der Waals surface area contributed by atoms with Gasteiger partial charge in [-0.1, -0.05) is 0 Å². The van der Waals surface area contributed by atoms with Gasteiger partial charge in [-0.15, -0.1) is 0 Å². The summed E-state index contributed by atoms with van der Waals surface area (Å²) in [6.45, 7) is 5.21. The van der Waals surface area contributed by atoms with Crippen LogP contribution in [0.1, 0.15) is 20.3 Å². The molecule has 0 spiro atoms. The van der Waals surface area contributed by atoms with E-state index in [1.165, 1.54) is 0 Å². The van der Waals surface area contributed by atoms with Gasteiger partial charge in [0, 0.05) is 19.6 Å². The lowest BCUT2D eigenvalue weighted by Gasteiger charge is -2.17. The first-order valence-corrected chi connectivity index (χ1v) is 6.86. The number of nitrogens with zero attached hydrogens (tertiary/aromatic N) is 1. The molecule has 0 saturated heterocycles. The number of nitrogens with one attached hydrogen (secondary N) is 1. The van der Waals surface area contributed by atoms with Crippen LogP contribution < -0.4 is 4.72 Å². The van der Waals surface area contributed by atoms with Gasteiger partial charge < -0.3 is 10.0 Å². The zero-order chi connectivity index (χ0) is 11.9. The highest BCUT2D eigenvalue weighted by atomic mass is 32.2. The summed E-state index contributed by atoms with van der Waals surface area (Å²) in [5, 5.41) is 9.06. The maximum atomic E-state index is 11.1. The summed E-state index contributed by atoms with van der Waals surface area (Å²) in [6.07, 6.45) is 0.400. The summed E-state index contributed by atoms with van der Waals surface area (Å²) in [7, 11) is -1.17. The summed E-state index contributed by atoms with van der Waals surface area (Å²) >= 11 is 0. The van der Waals surface area contributed by atoms with Gasteiger partial charge in [0.25, 0.3) is 0 Å². The largest absolute Gasteiger partial charge is 0.393 e. The van der Waals surface area contributed by atoms with E-state index in [1.807, 2.05) is 11.9 Å². The number of aliphatic hydroxyl groups excluding tert-OH is 1. The third kappa shape index (κ3) is 8.80. The van der Waals surface area contributed by atoms with Crippen LogP contribution in [0.4, 0.5) is 0 Å². The van der Waals surface area contributed by atoms with Crippen molar-refractivity contribution in [1.29, 1.82) is 0 Å². The molecule has 0 aromatic heterocycles. The van der Waals surface area contributed by atoms with Crippen molar-refractivity contribution in [2.75, 3.05) is 32.4 Å². The van der Waals surface area contributed by atoms with E-state index >= 15 is 0 Å². The lowest BCUT2D eigenvalue weighted by atomic mass is 10.3. The third-order valence-corrected chi connectivity index (χ3v) is 3.53. The van der Waals surface area contributed by atoms with Crippen molar-refractivity contribution >= 4 is 10.0 Å². The number of aliphatic hydroxyl groups is 1. The van der Waals surface area contributed by atoms with Gasteiger partial charge in [-0.25, -0.2) is 13.1 Å².